The molecule has 10 heteroatoms. The Morgan fingerprint density at radius 2 is 1.37 bits per heavy atom. The summed E-state index contributed by atoms with van der Waals surface area (Å²) >= 11 is 3.39. The summed E-state index contributed by atoms with van der Waals surface area (Å²) in [7, 11) is -3.79. The number of aryl methyl sites for hydroxylation is 1. The average Bonchev–Trinajstić information content (AvgIpc) is 3.54. The van der Waals surface area contributed by atoms with Gasteiger partial charge in [-0.25, -0.2) is 22.9 Å². The second-order valence-corrected chi connectivity index (χ2v) is 15.7. The monoisotopic (exact) mass is 743 g/mol. The van der Waals surface area contributed by atoms with Crippen molar-refractivity contribution in [1.82, 2.24) is 14.3 Å². The van der Waals surface area contributed by atoms with E-state index in [0.29, 0.717) is 19.3 Å². The molecule has 0 amide bonds. The zero-order valence-corrected chi connectivity index (χ0v) is 30.4. The first-order valence-corrected chi connectivity index (χ1v) is 18.7. The number of imidazole rings is 1. The average molecular weight is 745 g/mol. The van der Waals surface area contributed by atoms with E-state index >= 15 is 0 Å². The molecule has 0 spiro atoms. The molecule has 0 saturated heterocycles. The molecule has 1 heterocycles. The Bertz CT molecular complexity index is 1800. The first-order chi connectivity index (χ1) is 23.4. The zero-order chi connectivity index (χ0) is 34.9. The molecule has 1 unspecified atom stereocenters. The third-order valence-electron chi connectivity index (χ3n) is 8.02. The highest BCUT2D eigenvalue weighted by atomic mass is 79.9. The molecule has 1 aromatic heterocycles. The molecule has 0 aliphatic rings. The normalized spacial score (nSPS) is 12.7. The Morgan fingerprint density at radius 3 is 1.88 bits per heavy atom. The van der Waals surface area contributed by atoms with E-state index in [4.69, 9.17) is 14.5 Å². The van der Waals surface area contributed by atoms with E-state index in [-0.39, 0.29) is 6.54 Å². The summed E-state index contributed by atoms with van der Waals surface area (Å²) in [6.45, 7) is 5.32. The lowest BCUT2D eigenvalue weighted by Gasteiger charge is -2.37. The van der Waals surface area contributed by atoms with Gasteiger partial charge in [0.25, 0.3) is 0 Å². The molecule has 0 fully saturated rings. The molecule has 49 heavy (non-hydrogen) atoms. The SMILES string of the molecule is CC(C)(C)OC(=O)OC(CCCc1cn(C(c2ccccc2)(c2ccccc2)c2ccccc2)cn1)CS(=O)(=O)NCc1ccc(Br)cc1. The number of hydrogen-bond acceptors (Lipinski definition) is 6. The van der Waals surface area contributed by atoms with Crippen LogP contribution in [-0.4, -0.2) is 41.6 Å². The van der Waals surface area contributed by atoms with Crippen LogP contribution >= 0.6 is 15.9 Å². The second-order valence-electron chi connectivity index (χ2n) is 12.9. The van der Waals surface area contributed by atoms with Gasteiger partial charge >= 0.3 is 6.16 Å². The van der Waals surface area contributed by atoms with E-state index in [1.165, 1.54) is 0 Å². The van der Waals surface area contributed by atoms with E-state index in [2.05, 4.69) is 61.6 Å². The number of nitrogens with one attached hydrogen (secondary N) is 1. The van der Waals surface area contributed by atoms with E-state index in [9.17, 15) is 13.2 Å². The van der Waals surface area contributed by atoms with Crippen LogP contribution in [0.2, 0.25) is 0 Å². The van der Waals surface area contributed by atoms with Gasteiger partial charge in [-0.05, 0) is 74.4 Å². The minimum Gasteiger partial charge on any atom is -0.430 e. The first kappa shape index (κ1) is 36.0. The molecule has 5 rings (SSSR count). The van der Waals surface area contributed by atoms with Gasteiger partial charge < -0.3 is 14.0 Å². The number of benzene rings is 4. The van der Waals surface area contributed by atoms with Gasteiger partial charge in [0.1, 0.15) is 23.0 Å². The number of sulfonamides is 1. The number of hydrogen-bond donors (Lipinski definition) is 1. The Balaban J connectivity index is 1.36. The fourth-order valence-electron chi connectivity index (χ4n) is 5.86. The minimum absolute atomic E-state index is 0.123. The topological polar surface area (TPSA) is 99.5 Å². The van der Waals surface area contributed by atoms with Gasteiger partial charge in [0.2, 0.25) is 10.0 Å². The summed E-state index contributed by atoms with van der Waals surface area (Å²) in [5.74, 6) is -0.393. The Labute approximate surface area is 297 Å². The van der Waals surface area contributed by atoms with E-state index < -0.39 is 39.2 Å². The lowest BCUT2D eigenvalue weighted by molar-refractivity contribution is -0.0242. The number of ether oxygens (including phenoxy) is 2. The summed E-state index contributed by atoms with van der Waals surface area (Å²) in [6.07, 6.45) is 3.46. The standard InChI is InChI=1S/C39H42BrN3O5S/c1-38(2,3)48-37(44)47-36(28-49(45,46)42-26-30-22-24-34(40)25-23-30)21-13-20-35-27-43(29-41-35)39(31-14-7-4-8-15-31,32-16-9-5-10-17-32)33-18-11-6-12-19-33/h4-12,14-19,22-25,27,29,36,42H,13,20-21,26,28H2,1-3H3. The lowest BCUT2D eigenvalue weighted by Crippen LogP contribution is -2.37. The minimum atomic E-state index is -3.79. The molecule has 0 saturated carbocycles. The molecule has 8 nitrogen and oxygen atoms in total. The summed E-state index contributed by atoms with van der Waals surface area (Å²) in [5.41, 5.74) is 3.43. The third-order valence-corrected chi connectivity index (χ3v) is 9.95. The molecular formula is C39H42BrN3O5S. The molecular weight excluding hydrogens is 702 g/mol. The van der Waals surface area contributed by atoms with Crippen molar-refractivity contribution in [1.29, 1.82) is 0 Å². The van der Waals surface area contributed by atoms with E-state index in [1.54, 1.807) is 20.8 Å². The quantitative estimate of drug-likeness (QED) is 0.0909. The predicted octanol–water partition coefficient (Wildman–Crippen LogP) is 8.25. The van der Waals surface area contributed by atoms with E-state index in [1.807, 2.05) is 91.4 Å². The van der Waals surface area contributed by atoms with Gasteiger partial charge in [-0.15, -0.1) is 0 Å². The molecule has 0 bridgehead atoms. The van der Waals surface area contributed by atoms with Crippen LogP contribution in [0.25, 0.3) is 0 Å². The second kappa shape index (κ2) is 16.0. The molecule has 5 aromatic rings. The highest BCUT2D eigenvalue weighted by Gasteiger charge is 2.38. The van der Waals surface area contributed by atoms with Crippen molar-refractivity contribution in [2.45, 2.75) is 63.8 Å². The molecule has 1 atom stereocenters. The van der Waals surface area contributed by atoms with Gasteiger partial charge in [0.05, 0.1) is 12.0 Å². The Morgan fingerprint density at radius 1 is 0.837 bits per heavy atom. The maximum absolute atomic E-state index is 13.1. The van der Waals surface area contributed by atoms with Gasteiger partial charge in [0.15, 0.2) is 0 Å². The number of aromatic nitrogens is 2. The van der Waals surface area contributed by atoms with Crippen LogP contribution < -0.4 is 4.72 Å². The summed E-state index contributed by atoms with van der Waals surface area (Å²) < 4.78 is 42.9. The highest BCUT2D eigenvalue weighted by molar-refractivity contribution is 9.10. The summed E-state index contributed by atoms with van der Waals surface area (Å²) in [6, 6.07) is 38.4. The maximum Gasteiger partial charge on any atom is 0.509 e. The van der Waals surface area contributed by atoms with Crippen LogP contribution in [-0.2, 0) is 38.0 Å². The van der Waals surface area contributed by atoms with Crippen molar-refractivity contribution >= 4 is 32.1 Å². The number of halogens is 1. The Kier molecular flexibility index (Phi) is 11.7. The van der Waals surface area contributed by atoms with Crippen LogP contribution in [0.4, 0.5) is 4.79 Å². The van der Waals surface area contributed by atoms with Crippen molar-refractivity contribution in [3.8, 4) is 0 Å². The van der Waals surface area contributed by atoms with Crippen molar-refractivity contribution in [2.75, 3.05) is 5.75 Å². The van der Waals surface area contributed by atoms with Crippen molar-refractivity contribution in [3.05, 3.63) is 160 Å². The first-order valence-electron chi connectivity index (χ1n) is 16.3. The third kappa shape index (κ3) is 9.68. The molecule has 0 radical (unpaired) electrons. The maximum atomic E-state index is 13.1. The van der Waals surface area contributed by atoms with Crippen LogP contribution in [0, 0.1) is 0 Å². The van der Waals surface area contributed by atoms with Crippen LogP contribution in [0.5, 0.6) is 0 Å². The smallest absolute Gasteiger partial charge is 0.430 e. The predicted molar refractivity (Wildman–Crippen MR) is 196 cm³/mol. The fourth-order valence-corrected chi connectivity index (χ4v) is 7.35. The fraction of sp³-hybridized carbons (Fsp3) is 0.282. The highest BCUT2D eigenvalue weighted by Crippen LogP contribution is 2.40. The molecule has 256 valence electrons. The largest absolute Gasteiger partial charge is 0.509 e. The van der Waals surface area contributed by atoms with Crippen LogP contribution in [0.15, 0.2) is 132 Å². The lowest BCUT2D eigenvalue weighted by atomic mass is 9.77. The van der Waals surface area contributed by atoms with Crippen LogP contribution in [0.1, 0.15) is 61.6 Å². The van der Waals surface area contributed by atoms with Gasteiger partial charge in [-0.1, -0.05) is 119 Å². The molecule has 4 aromatic carbocycles. The summed E-state index contributed by atoms with van der Waals surface area (Å²) in [4.78, 5) is 17.4. The van der Waals surface area contributed by atoms with Crippen molar-refractivity contribution < 1.29 is 22.7 Å². The number of rotatable bonds is 14. The number of carbonyl (C=O) groups is 1. The number of carbonyl (C=O) groups excluding carboxylic acids is 1. The molecule has 0 aliphatic carbocycles. The zero-order valence-electron chi connectivity index (χ0n) is 28.0. The van der Waals surface area contributed by atoms with Crippen molar-refractivity contribution in [3.63, 3.8) is 0 Å². The van der Waals surface area contributed by atoms with Gasteiger partial charge in [-0.3, -0.25) is 0 Å². The van der Waals surface area contributed by atoms with Crippen LogP contribution in [0.3, 0.4) is 0 Å². The van der Waals surface area contributed by atoms with Crippen molar-refractivity contribution in [2.24, 2.45) is 0 Å². The Hall–Kier alpha value is -4.25. The van der Waals surface area contributed by atoms with Gasteiger partial charge in [0, 0.05) is 17.2 Å². The van der Waals surface area contributed by atoms with E-state index in [0.717, 1.165) is 32.4 Å². The summed E-state index contributed by atoms with van der Waals surface area (Å²) in [5, 5.41) is 0. The number of nitrogens with zero attached hydrogens (tertiary/aromatic N) is 2. The van der Waals surface area contributed by atoms with Gasteiger partial charge in [-0.2, -0.15) is 0 Å². The molecule has 0 aliphatic heterocycles. The molecule has 1 N–H and O–H groups in total.